The van der Waals surface area contributed by atoms with Crippen LogP contribution in [0.15, 0.2) is 116 Å². The van der Waals surface area contributed by atoms with Crippen LogP contribution in [0.2, 0.25) is 0 Å². The molecule has 7 rings (SSSR count). The number of nitrogens with zero attached hydrogens (tertiary/aromatic N) is 2. The number of aryl methyl sites for hydroxylation is 2. The van der Waals surface area contributed by atoms with E-state index in [9.17, 15) is 4.39 Å². The maximum absolute atomic E-state index is 13.7. The summed E-state index contributed by atoms with van der Waals surface area (Å²) in [5.41, 5.74) is 12.0. The Balaban J connectivity index is 1.48. The maximum atomic E-state index is 13.7. The Kier molecular flexibility index (Phi) is 5.33. The summed E-state index contributed by atoms with van der Waals surface area (Å²) < 4.78 is 18.4. The third kappa shape index (κ3) is 3.53. The highest BCUT2D eigenvalue weighted by atomic mass is 19.1. The van der Waals surface area contributed by atoms with Gasteiger partial charge in [-0.3, -0.25) is 0 Å². The molecule has 0 N–H and O–H groups in total. The minimum atomic E-state index is -0.223. The predicted octanol–water partition coefficient (Wildman–Crippen LogP) is 7.47. The molecule has 0 spiro atoms. The molecule has 2 aliphatic heterocycles. The van der Waals surface area contributed by atoms with E-state index in [1.165, 1.54) is 45.6 Å². The second-order valence-corrected chi connectivity index (χ2v) is 10.5. The fourth-order valence-electron chi connectivity index (χ4n) is 6.55. The monoisotopic (exact) mass is 496 g/mol. The summed E-state index contributed by atoms with van der Waals surface area (Å²) in [6.07, 6.45) is 6.37. The van der Waals surface area contributed by atoms with Crippen molar-refractivity contribution in [2.24, 2.45) is 0 Å². The number of fused-ring (bicyclic) bond motifs is 9. The molecule has 0 aliphatic carbocycles. The van der Waals surface area contributed by atoms with Crippen LogP contribution in [0.1, 0.15) is 35.1 Å². The first-order valence-electron chi connectivity index (χ1n) is 13.3. The van der Waals surface area contributed by atoms with Crippen LogP contribution in [0.25, 0.3) is 39.3 Å². The van der Waals surface area contributed by atoms with Crippen molar-refractivity contribution in [3.8, 4) is 33.6 Å². The highest BCUT2D eigenvalue weighted by Crippen LogP contribution is 2.45. The minimum absolute atomic E-state index is 0.0783. The second-order valence-electron chi connectivity index (χ2n) is 10.5. The zero-order valence-electron chi connectivity index (χ0n) is 21.4. The van der Waals surface area contributed by atoms with Crippen LogP contribution >= 0.6 is 0 Å². The van der Waals surface area contributed by atoms with E-state index in [0.29, 0.717) is 5.92 Å². The van der Waals surface area contributed by atoms with Crippen molar-refractivity contribution in [2.45, 2.75) is 31.7 Å². The lowest BCUT2D eigenvalue weighted by Crippen LogP contribution is -2.53. The van der Waals surface area contributed by atoms with Crippen molar-refractivity contribution in [3.05, 3.63) is 139 Å². The molecule has 2 unspecified atom stereocenters. The molecule has 3 heteroatoms. The molecule has 0 saturated heterocycles. The summed E-state index contributed by atoms with van der Waals surface area (Å²) in [7, 11) is 0. The third-order valence-electron chi connectivity index (χ3n) is 8.32. The molecule has 2 aliphatic rings. The Bertz CT molecular complexity index is 1720. The van der Waals surface area contributed by atoms with Crippen molar-refractivity contribution in [2.75, 3.05) is 0 Å². The van der Waals surface area contributed by atoms with Gasteiger partial charge in [0.1, 0.15) is 5.82 Å². The van der Waals surface area contributed by atoms with Crippen LogP contribution < -0.4 is 9.13 Å². The fourth-order valence-corrected chi connectivity index (χ4v) is 6.55. The van der Waals surface area contributed by atoms with Crippen LogP contribution in [0, 0.1) is 12.7 Å². The first-order valence-corrected chi connectivity index (χ1v) is 13.3. The van der Waals surface area contributed by atoms with Crippen LogP contribution in [0.5, 0.6) is 0 Å². The summed E-state index contributed by atoms with van der Waals surface area (Å²) >= 11 is 0. The fraction of sp³-hybridized carbons (Fsp3) is 0.143. The molecule has 4 heterocycles. The first kappa shape index (κ1) is 22.8. The van der Waals surface area contributed by atoms with E-state index >= 15 is 0 Å². The van der Waals surface area contributed by atoms with E-state index in [-0.39, 0.29) is 11.9 Å². The van der Waals surface area contributed by atoms with Gasteiger partial charge >= 0.3 is 0 Å². The summed E-state index contributed by atoms with van der Waals surface area (Å²) in [5.74, 6) is 0.0699. The Morgan fingerprint density at radius 2 is 1.55 bits per heavy atom. The number of aromatic nitrogens is 2. The quantitative estimate of drug-likeness (QED) is 0.213. The highest BCUT2D eigenvalue weighted by Gasteiger charge is 2.47. The van der Waals surface area contributed by atoms with E-state index in [1.807, 2.05) is 12.1 Å². The van der Waals surface area contributed by atoms with Gasteiger partial charge in [-0.2, -0.15) is 9.13 Å². The summed E-state index contributed by atoms with van der Waals surface area (Å²) in [6.45, 7) is 6.97. The van der Waals surface area contributed by atoms with Crippen molar-refractivity contribution in [1.29, 1.82) is 0 Å². The number of pyridine rings is 2. The van der Waals surface area contributed by atoms with Gasteiger partial charge in [-0.25, -0.2) is 4.39 Å². The Hall–Kier alpha value is -4.37. The molecule has 184 valence electrons. The lowest BCUT2D eigenvalue weighted by molar-refractivity contribution is -0.727. The molecule has 2 atom stereocenters. The average molecular weight is 497 g/mol. The molecule has 0 saturated carbocycles. The van der Waals surface area contributed by atoms with Gasteiger partial charge in [0.25, 0.3) is 0 Å². The zero-order chi connectivity index (χ0) is 25.8. The van der Waals surface area contributed by atoms with Crippen molar-refractivity contribution in [3.63, 3.8) is 0 Å². The molecule has 5 aromatic rings. The molecule has 0 fully saturated rings. The number of rotatable bonds is 1. The maximum Gasteiger partial charge on any atom is 0.249 e. The minimum Gasteiger partial charge on any atom is -0.207 e. The molecule has 0 amide bonds. The van der Waals surface area contributed by atoms with Crippen LogP contribution in [-0.2, 0) is 6.42 Å². The van der Waals surface area contributed by atoms with Gasteiger partial charge in [0, 0.05) is 29.3 Å². The van der Waals surface area contributed by atoms with Gasteiger partial charge in [-0.1, -0.05) is 48.5 Å². The third-order valence-corrected chi connectivity index (χ3v) is 8.32. The van der Waals surface area contributed by atoms with E-state index in [4.69, 9.17) is 6.58 Å². The molecule has 2 aromatic heterocycles. The number of hydrogen-bond donors (Lipinski definition) is 0. The van der Waals surface area contributed by atoms with E-state index in [1.54, 1.807) is 0 Å². The van der Waals surface area contributed by atoms with Gasteiger partial charge in [0.2, 0.25) is 23.1 Å². The zero-order valence-corrected chi connectivity index (χ0v) is 21.4. The second kappa shape index (κ2) is 8.88. The summed E-state index contributed by atoms with van der Waals surface area (Å²) in [5, 5.41) is 0. The van der Waals surface area contributed by atoms with Gasteiger partial charge in [-0.15, -0.1) is 0 Å². The number of hydrogen-bond acceptors (Lipinski definition) is 0. The lowest BCUT2D eigenvalue weighted by Gasteiger charge is -2.30. The first-order chi connectivity index (χ1) is 18.6. The van der Waals surface area contributed by atoms with Gasteiger partial charge in [0.15, 0.2) is 12.4 Å². The average Bonchev–Trinajstić information content (AvgIpc) is 3.00. The Morgan fingerprint density at radius 3 is 2.39 bits per heavy atom. The van der Waals surface area contributed by atoms with Gasteiger partial charge in [0.05, 0.1) is 11.5 Å². The predicted molar refractivity (Wildman–Crippen MR) is 150 cm³/mol. The van der Waals surface area contributed by atoms with E-state index in [2.05, 4.69) is 101 Å². The number of halogens is 1. The van der Waals surface area contributed by atoms with E-state index in [0.717, 1.165) is 35.4 Å². The largest absolute Gasteiger partial charge is 0.249 e. The molecule has 38 heavy (non-hydrogen) atoms. The Morgan fingerprint density at radius 1 is 0.789 bits per heavy atom. The standard InChI is InChI=1S/C35H29FN2/c1-23-8-7-20-38-34(23)31-12-6-5-11-30(31)32-18-15-26-9-3-4-10-29(26)33-22-27(25-13-16-28(36)17-14-25)19-21-37(33)24(2)35(32)38/h3-14,16-17,19-22,32,35H,2,15,18H2,1H3/q+2. The van der Waals surface area contributed by atoms with Crippen molar-refractivity contribution < 1.29 is 13.5 Å². The topological polar surface area (TPSA) is 7.76 Å². The van der Waals surface area contributed by atoms with Crippen LogP contribution in [0.4, 0.5) is 4.39 Å². The molecule has 0 radical (unpaired) electrons. The summed E-state index contributed by atoms with van der Waals surface area (Å²) in [6, 6.07) is 33.2. The highest BCUT2D eigenvalue weighted by molar-refractivity contribution is 5.72. The number of benzene rings is 3. The SMILES string of the molecule is C=C1C2C(CCc3ccccc3-c3cc(-c4ccc(F)cc4)cc[n+]31)c1ccccc1-c1c(C)ccc[n+]12. The normalized spacial score (nSPS) is 17.6. The smallest absolute Gasteiger partial charge is 0.207 e. The van der Waals surface area contributed by atoms with Crippen molar-refractivity contribution >= 4 is 5.70 Å². The van der Waals surface area contributed by atoms with Gasteiger partial charge in [-0.05, 0) is 78.9 Å². The van der Waals surface area contributed by atoms with Crippen LogP contribution in [-0.4, -0.2) is 0 Å². The molecule has 3 aromatic carbocycles. The van der Waals surface area contributed by atoms with Crippen molar-refractivity contribution in [1.82, 2.24) is 0 Å². The molecule has 2 nitrogen and oxygen atoms in total. The van der Waals surface area contributed by atoms with E-state index < -0.39 is 0 Å². The molecular weight excluding hydrogens is 467 g/mol. The Labute approximate surface area is 223 Å². The van der Waals surface area contributed by atoms with Gasteiger partial charge < -0.3 is 0 Å². The number of allylic oxidation sites excluding steroid dienone is 1. The molecule has 0 bridgehead atoms. The lowest BCUT2D eigenvalue weighted by atomic mass is 9.78. The van der Waals surface area contributed by atoms with Crippen LogP contribution in [0.3, 0.4) is 0 Å². The molecular formula is C35H29FN2+2. The summed E-state index contributed by atoms with van der Waals surface area (Å²) in [4.78, 5) is 0.